The number of hydrogen-bond acceptors (Lipinski definition) is 6. The summed E-state index contributed by atoms with van der Waals surface area (Å²) < 4.78 is 5.85. The van der Waals surface area contributed by atoms with E-state index in [2.05, 4.69) is 27.8 Å². The van der Waals surface area contributed by atoms with Crippen LogP contribution in [0.4, 0.5) is 5.82 Å². The molecule has 4 rings (SSSR count). The summed E-state index contributed by atoms with van der Waals surface area (Å²) in [5.74, 6) is 0.184. The fourth-order valence-electron chi connectivity index (χ4n) is 4.26. The number of carbonyl (C=O) groups excluding carboxylic acids is 1. The Labute approximate surface area is 187 Å². The molecule has 3 N–H and O–H groups in total. The van der Waals surface area contributed by atoms with E-state index in [1.165, 1.54) is 24.4 Å². The largest absolute Gasteiger partial charge is 0.480 e. The van der Waals surface area contributed by atoms with Gasteiger partial charge in [0.15, 0.2) is 0 Å². The van der Waals surface area contributed by atoms with Crippen LogP contribution in [0.3, 0.4) is 0 Å². The Morgan fingerprint density at radius 3 is 2.81 bits per heavy atom. The van der Waals surface area contributed by atoms with E-state index >= 15 is 0 Å². The Balaban J connectivity index is 1.14. The number of pyridine rings is 2. The van der Waals surface area contributed by atoms with Crippen LogP contribution in [-0.4, -0.2) is 52.2 Å². The van der Waals surface area contributed by atoms with Crippen LogP contribution in [0.2, 0.25) is 0 Å². The van der Waals surface area contributed by atoms with Crippen LogP contribution in [0.15, 0.2) is 36.7 Å². The van der Waals surface area contributed by atoms with Crippen LogP contribution in [0.1, 0.15) is 53.7 Å². The molecular weight excluding hydrogens is 408 g/mol. The number of carboxylic acids is 1. The SMILES string of the molecule is O=C(N[C@H](CCOC1CC(CCc2ccc3c(n2)NCCC3)C1)C(=O)O)c1ccncc1. The first-order valence-corrected chi connectivity index (χ1v) is 11.4. The molecule has 32 heavy (non-hydrogen) atoms. The predicted octanol–water partition coefficient (Wildman–Crippen LogP) is 2.84. The number of rotatable bonds is 10. The number of carboxylic acid groups (broad SMARTS) is 1. The smallest absolute Gasteiger partial charge is 0.326 e. The van der Waals surface area contributed by atoms with Gasteiger partial charge < -0.3 is 20.5 Å². The molecule has 2 aromatic rings. The number of aryl methyl sites for hydroxylation is 2. The van der Waals surface area contributed by atoms with Gasteiger partial charge in [-0.05, 0) is 68.2 Å². The van der Waals surface area contributed by atoms with E-state index in [4.69, 9.17) is 9.72 Å². The number of amides is 1. The van der Waals surface area contributed by atoms with Gasteiger partial charge in [-0.3, -0.25) is 9.78 Å². The van der Waals surface area contributed by atoms with Crippen LogP contribution in [0.25, 0.3) is 0 Å². The van der Waals surface area contributed by atoms with E-state index in [9.17, 15) is 14.7 Å². The molecule has 0 spiro atoms. The van der Waals surface area contributed by atoms with Crippen molar-refractivity contribution in [1.82, 2.24) is 15.3 Å². The second kappa shape index (κ2) is 10.5. The lowest BCUT2D eigenvalue weighted by Gasteiger charge is -2.35. The molecule has 2 aliphatic rings. The molecule has 1 atom stereocenters. The number of ether oxygens (including phenoxy) is 1. The number of hydrogen-bond donors (Lipinski definition) is 3. The minimum atomic E-state index is -1.06. The van der Waals surface area contributed by atoms with E-state index in [0.717, 1.165) is 50.2 Å². The first kappa shape index (κ1) is 22.2. The molecule has 8 nitrogen and oxygen atoms in total. The monoisotopic (exact) mass is 438 g/mol. The Bertz CT molecular complexity index is 931. The van der Waals surface area contributed by atoms with Gasteiger partial charge in [-0.15, -0.1) is 0 Å². The molecular formula is C24H30N4O4. The lowest BCUT2D eigenvalue weighted by atomic mass is 9.79. The highest BCUT2D eigenvalue weighted by molar-refractivity contribution is 5.96. The third kappa shape index (κ3) is 5.82. The van der Waals surface area contributed by atoms with Crippen molar-refractivity contribution in [2.24, 2.45) is 5.92 Å². The molecule has 0 radical (unpaired) electrons. The summed E-state index contributed by atoms with van der Waals surface area (Å²) in [5, 5.41) is 15.3. The highest BCUT2D eigenvalue weighted by Gasteiger charge is 2.30. The van der Waals surface area contributed by atoms with E-state index in [1.54, 1.807) is 12.1 Å². The van der Waals surface area contributed by atoms with Crippen molar-refractivity contribution < 1.29 is 19.4 Å². The van der Waals surface area contributed by atoms with E-state index in [1.807, 2.05) is 0 Å². The normalized spacial score (nSPS) is 20.4. The van der Waals surface area contributed by atoms with Gasteiger partial charge in [0.05, 0.1) is 6.10 Å². The maximum Gasteiger partial charge on any atom is 0.326 e. The molecule has 0 saturated heterocycles. The average molecular weight is 439 g/mol. The number of aliphatic carboxylic acids is 1. The Morgan fingerprint density at radius 1 is 1.22 bits per heavy atom. The Morgan fingerprint density at radius 2 is 2.03 bits per heavy atom. The summed E-state index contributed by atoms with van der Waals surface area (Å²) in [4.78, 5) is 32.3. The van der Waals surface area contributed by atoms with Gasteiger partial charge >= 0.3 is 5.97 Å². The second-order valence-corrected chi connectivity index (χ2v) is 8.60. The maximum atomic E-state index is 12.2. The van der Waals surface area contributed by atoms with Gasteiger partial charge in [-0.2, -0.15) is 0 Å². The van der Waals surface area contributed by atoms with Gasteiger partial charge in [-0.25, -0.2) is 9.78 Å². The molecule has 0 aromatic carbocycles. The zero-order valence-corrected chi connectivity index (χ0v) is 18.1. The minimum absolute atomic E-state index is 0.170. The van der Waals surface area contributed by atoms with Gasteiger partial charge in [0.25, 0.3) is 5.91 Å². The number of fused-ring (bicyclic) bond motifs is 1. The van der Waals surface area contributed by atoms with E-state index < -0.39 is 17.9 Å². The third-order valence-electron chi connectivity index (χ3n) is 6.26. The fourth-order valence-corrected chi connectivity index (χ4v) is 4.26. The highest BCUT2D eigenvalue weighted by Crippen LogP contribution is 2.34. The fraction of sp³-hybridized carbons (Fsp3) is 0.500. The summed E-state index contributed by atoms with van der Waals surface area (Å²) in [5.41, 5.74) is 2.84. The molecule has 8 heteroatoms. The van der Waals surface area contributed by atoms with Crippen LogP contribution in [-0.2, 0) is 22.4 Å². The molecule has 2 aromatic heterocycles. The lowest BCUT2D eigenvalue weighted by molar-refractivity contribution is -0.140. The molecule has 170 valence electrons. The standard InChI is InChI=1S/C24H30N4O4/c29-23(18-7-11-25-12-8-18)28-21(24(30)31)9-13-32-20-14-16(15-20)3-5-19-6-4-17-2-1-10-26-22(17)27-19/h4,6-8,11-12,16,20-21H,1-3,5,9-10,13-15H2,(H,26,27)(H,28,29)(H,30,31)/t16?,20?,21-/m1/s1. The Hall–Kier alpha value is -3.00. The predicted molar refractivity (Wildman–Crippen MR) is 120 cm³/mol. The number of carbonyl (C=O) groups is 2. The van der Waals surface area contributed by atoms with Crippen molar-refractivity contribution in [3.05, 3.63) is 53.5 Å². The second-order valence-electron chi connectivity index (χ2n) is 8.60. The molecule has 0 unspecified atom stereocenters. The maximum absolute atomic E-state index is 12.2. The molecule has 1 aliphatic heterocycles. The Kier molecular flexibility index (Phi) is 7.32. The number of nitrogens with zero attached hydrogens (tertiary/aromatic N) is 2. The van der Waals surface area contributed by atoms with Crippen molar-refractivity contribution in [1.29, 1.82) is 0 Å². The molecule has 1 aliphatic carbocycles. The molecule has 0 bridgehead atoms. The first-order chi connectivity index (χ1) is 15.6. The first-order valence-electron chi connectivity index (χ1n) is 11.4. The van der Waals surface area contributed by atoms with Crippen molar-refractivity contribution in [2.75, 3.05) is 18.5 Å². The van der Waals surface area contributed by atoms with Gasteiger partial charge in [0.2, 0.25) is 0 Å². The van der Waals surface area contributed by atoms with E-state index in [-0.39, 0.29) is 12.5 Å². The molecule has 1 fully saturated rings. The van der Waals surface area contributed by atoms with Gasteiger partial charge in [0.1, 0.15) is 11.9 Å². The number of aromatic nitrogens is 2. The molecule has 3 heterocycles. The van der Waals surface area contributed by atoms with Crippen LogP contribution >= 0.6 is 0 Å². The topological polar surface area (TPSA) is 113 Å². The summed E-state index contributed by atoms with van der Waals surface area (Å²) >= 11 is 0. The van der Waals surface area contributed by atoms with Crippen LogP contribution < -0.4 is 10.6 Å². The van der Waals surface area contributed by atoms with Crippen molar-refractivity contribution in [2.45, 2.75) is 57.1 Å². The lowest BCUT2D eigenvalue weighted by Crippen LogP contribution is -2.42. The zero-order valence-electron chi connectivity index (χ0n) is 18.1. The summed E-state index contributed by atoms with van der Waals surface area (Å²) in [7, 11) is 0. The number of nitrogens with one attached hydrogen (secondary N) is 2. The van der Waals surface area contributed by atoms with E-state index in [0.29, 0.717) is 18.1 Å². The minimum Gasteiger partial charge on any atom is -0.480 e. The van der Waals surface area contributed by atoms with Crippen LogP contribution in [0, 0.1) is 5.92 Å². The molecule has 1 saturated carbocycles. The van der Waals surface area contributed by atoms with Gasteiger partial charge in [0, 0.05) is 43.2 Å². The third-order valence-corrected chi connectivity index (χ3v) is 6.26. The quantitative estimate of drug-likeness (QED) is 0.523. The van der Waals surface area contributed by atoms with Crippen LogP contribution in [0.5, 0.6) is 0 Å². The average Bonchev–Trinajstić information content (AvgIpc) is 2.79. The number of anilines is 1. The molecule has 1 amide bonds. The summed E-state index contributed by atoms with van der Waals surface area (Å²) in [6.45, 7) is 1.31. The van der Waals surface area contributed by atoms with Crippen molar-refractivity contribution >= 4 is 17.7 Å². The van der Waals surface area contributed by atoms with Crippen molar-refractivity contribution in [3.63, 3.8) is 0 Å². The summed E-state index contributed by atoms with van der Waals surface area (Å²) in [6, 6.07) is 6.47. The highest BCUT2D eigenvalue weighted by atomic mass is 16.5. The summed E-state index contributed by atoms with van der Waals surface area (Å²) in [6.07, 6.45) is 9.71. The van der Waals surface area contributed by atoms with Crippen molar-refractivity contribution in [3.8, 4) is 0 Å². The van der Waals surface area contributed by atoms with Gasteiger partial charge in [-0.1, -0.05) is 6.07 Å². The zero-order chi connectivity index (χ0) is 22.3.